The molecule has 0 radical (unpaired) electrons. The second-order valence-electron chi connectivity index (χ2n) is 5.27. The minimum absolute atomic E-state index is 0.234. The number of thioether (sulfide) groups is 1. The maximum Gasteiger partial charge on any atom is 0.240 e. The van der Waals surface area contributed by atoms with Crippen LogP contribution in [0.5, 0.6) is 0 Å². The number of hydrogen-bond donors (Lipinski definition) is 3. The Bertz CT molecular complexity index is 590. The highest BCUT2D eigenvalue weighted by atomic mass is 32.2. The second kappa shape index (κ2) is 6.89. The molecule has 0 amide bonds. The predicted molar refractivity (Wildman–Crippen MR) is 90.3 cm³/mol. The van der Waals surface area contributed by atoms with Gasteiger partial charge in [0, 0.05) is 11.3 Å². The third-order valence-electron chi connectivity index (χ3n) is 3.95. The smallest absolute Gasteiger partial charge is 0.240 e. The number of rotatable bonds is 5. The topological polar surface area (TPSA) is 84.2 Å². The van der Waals surface area contributed by atoms with Crippen molar-refractivity contribution < 1.29 is 8.42 Å². The lowest BCUT2D eigenvalue weighted by atomic mass is 9.94. The van der Waals surface area contributed by atoms with Crippen LogP contribution < -0.4 is 15.8 Å². The van der Waals surface area contributed by atoms with E-state index < -0.39 is 10.0 Å². The molecule has 118 valence electrons. The Morgan fingerprint density at radius 1 is 1.29 bits per heavy atom. The van der Waals surface area contributed by atoms with E-state index in [1.165, 1.54) is 32.4 Å². The van der Waals surface area contributed by atoms with Crippen LogP contribution in [0.1, 0.15) is 25.7 Å². The molecular weight excluding hydrogens is 306 g/mol. The Labute approximate surface area is 131 Å². The van der Waals surface area contributed by atoms with Gasteiger partial charge in [-0.2, -0.15) is 11.8 Å². The Morgan fingerprint density at radius 3 is 2.67 bits per heavy atom. The van der Waals surface area contributed by atoms with Crippen LogP contribution in [0.4, 0.5) is 11.4 Å². The van der Waals surface area contributed by atoms with Crippen molar-refractivity contribution in [2.24, 2.45) is 0 Å². The third-order valence-corrected chi connectivity index (χ3v) is 6.53. The number of nitrogens with two attached hydrogens (primary N) is 1. The maximum atomic E-state index is 11.9. The summed E-state index contributed by atoms with van der Waals surface area (Å²) in [6, 6.07) is 5.12. The molecular formula is C14H23N3O2S2. The zero-order valence-electron chi connectivity index (χ0n) is 12.4. The van der Waals surface area contributed by atoms with Gasteiger partial charge in [0.1, 0.15) is 0 Å². The Balaban J connectivity index is 2.25. The molecule has 0 spiro atoms. The second-order valence-corrected chi connectivity index (χ2v) is 8.23. The lowest BCUT2D eigenvalue weighted by Crippen LogP contribution is -2.34. The summed E-state index contributed by atoms with van der Waals surface area (Å²) in [6.07, 6.45) is 6.85. The molecule has 1 aliphatic carbocycles. The van der Waals surface area contributed by atoms with Gasteiger partial charge in [-0.1, -0.05) is 12.8 Å². The number of hydrogen-bond acceptors (Lipinski definition) is 5. The molecule has 21 heavy (non-hydrogen) atoms. The molecule has 0 saturated heterocycles. The average Bonchev–Trinajstić information content (AvgIpc) is 2.49. The van der Waals surface area contributed by atoms with E-state index in [1.54, 1.807) is 12.1 Å². The maximum absolute atomic E-state index is 11.9. The van der Waals surface area contributed by atoms with Gasteiger partial charge >= 0.3 is 0 Å². The van der Waals surface area contributed by atoms with Crippen molar-refractivity contribution in [1.29, 1.82) is 0 Å². The molecule has 5 nitrogen and oxygen atoms in total. The van der Waals surface area contributed by atoms with E-state index in [-0.39, 0.29) is 4.90 Å². The lowest BCUT2D eigenvalue weighted by molar-refractivity contribution is 0.475. The summed E-state index contributed by atoms with van der Waals surface area (Å²) in [5.41, 5.74) is 7.28. The fraction of sp³-hybridized carbons (Fsp3) is 0.571. The van der Waals surface area contributed by atoms with Crippen molar-refractivity contribution in [3.05, 3.63) is 18.2 Å². The molecule has 1 fully saturated rings. The van der Waals surface area contributed by atoms with E-state index in [9.17, 15) is 8.42 Å². The van der Waals surface area contributed by atoms with Crippen molar-refractivity contribution in [2.75, 3.05) is 24.4 Å². The van der Waals surface area contributed by atoms with Gasteiger partial charge in [-0.15, -0.1) is 0 Å². The molecule has 2 atom stereocenters. The monoisotopic (exact) mass is 329 g/mol. The summed E-state index contributed by atoms with van der Waals surface area (Å²) < 4.78 is 26.1. The molecule has 1 aromatic carbocycles. The van der Waals surface area contributed by atoms with Crippen LogP contribution >= 0.6 is 11.8 Å². The summed E-state index contributed by atoms with van der Waals surface area (Å²) in [5, 5.41) is 3.99. The molecule has 1 aliphatic rings. The predicted octanol–water partition coefficient (Wildman–Crippen LogP) is 2.26. The van der Waals surface area contributed by atoms with Crippen molar-refractivity contribution in [3.8, 4) is 0 Å². The molecule has 0 heterocycles. The lowest BCUT2D eigenvalue weighted by Gasteiger charge is -2.32. The first-order valence-electron chi connectivity index (χ1n) is 7.10. The first kappa shape index (κ1) is 16.5. The Hall–Kier alpha value is -0.920. The molecule has 2 unspecified atom stereocenters. The molecule has 2 rings (SSSR count). The molecule has 0 aliphatic heterocycles. The summed E-state index contributed by atoms with van der Waals surface area (Å²) in [6.45, 7) is 0. The SMILES string of the molecule is CNS(=O)(=O)c1ccc(N)c(NC2CCCCC2SC)c1. The fourth-order valence-corrected chi connectivity index (χ4v) is 4.38. The molecule has 1 saturated carbocycles. The Morgan fingerprint density at radius 2 is 2.00 bits per heavy atom. The standard InChI is InChI=1S/C14H23N3O2S2/c1-16-21(18,19)10-7-8-11(15)13(9-10)17-12-5-3-4-6-14(12)20-2/h7-9,12,14,16-17H,3-6,15H2,1-2H3. The largest absolute Gasteiger partial charge is 0.397 e. The quantitative estimate of drug-likeness (QED) is 0.722. The van der Waals surface area contributed by atoms with Crippen molar-refractivity contribution in [1.82, 2.24) is 4.72 Å². The van der Waals surface area contributed by atoms with Gasteiger partial charge in [0.25, 0.3) is 0 Å². The molecule has 0 bridgehead atoms. The van der Waals surface area contributed by atoms with Crippen molar-refractivity contribution in [2.45, 2.75) is 41.9 Å². The van der Waals surface area contributed by atoms with Gasteiger partial charge in [-0.05, 0) is 44.3 Å². The normalized spacial score (nSPS) is 23.0. The average molecular weight is 329 g/mol. The van der Waals surface area contributed by atoms with Gasteiger partial charge in [0.2, 0.25) is 10.0 Å². The van der Waals surface area contributed by atoms with Crippen LogP contribution in [0.3, 0.4) is 0 Å². The Kier molecular flexibility index (Phi) is 5.40. The van der Waals surface area contributed by atoms with Gasteiger partial charge in [-0.25, -0.2) is 13.1 Å². The first-order chi connectivity index (χ1) is 9.97. The molecule has 7 heteroatoms. The van der Waals surface area contributed by atoms with E-state index in [0.717, 1.165) is 6.42 Å². The van der Waals surface area contributed by atoms with Gasteiger partial charge in [0.15, 0.2) is 0 Å². The van der Waals surface area contributed by atoms with Crippen LogP contribution in [0.2, 0.25) is 0 Å². The minimum atomic E-state index is -3.45. The number of anilines is 2. The van der Waals surface area contributed by atoms with Crippen LogP contribution in [-0.2, 0) is 10.0 Å². The number of benzene rings is 1. The van der Waals surface area contributed by atoms with Crippen LogP contribution in [0.25, 0.3) is 0 Å². The highest BCUT2D eigenvalue weighted by Crippen LogP contribution is 2.32. The van der Waals surface area contributed by atoms with Gasteiger partial charge < -0.3 is 11.1 Å². The summed E-state index contributed by atoms with van der Waals surface area (Å²) >= 11 is 1.86. The number of nitrogens with one attached hydrogen (secondary N) is 2. The molecule has 0 aromatic heterocycles. The zero-order chi connectivity index (χ0) is 15.5. The third kappa shape index (κ3) is 3.84. The van der Waals surface area contributed by atoms with Crippen LogP contribution in [-0.4, -0.2) is 33.0 Å². The minimum Gasteiger partial charge on any atom is -0.397 e. The highest BCUT2D eigenvalue weighted by molar-refractivity contribution is 7.99. The number of nitrogen functional groups attached to an aromatic ring is 1. The van der Waals surface area contributed by atoms with Crippen LogP contribution in [0.15, 0.2) is 23.1 Å². The summed E-state index contributed by atoms with van der Waals surface area (Å²) in [7, 11) is -2.04. The van der Waals surface area contributed by atoms with Gasteiger partial charge in [-0.3, -0.25) is 0 Å². The van der Waals surface area contributed by atoms with E-state index in [0.29, 0.717) is 22.7 Å². The van der Waals surface area contributed by atoms with Crippen LogP contribution in [0, 0.1) is 0 Å². The molecule has 1 aromatic rings. The summed E-state index contributed by atoms with van der Waals surface area (Å²) in [4.78, 5) is 0.234. The van der Waals surface area contributed by atoms with E-state index >= 15 is 0 Å². The van der Waals surface area contributed by atoms with E-state index in [2.05, 4.69) is 16.3 Å². The zero-order valence-corrected chi connectivity index (χ0v) is 14.1. The van der Waals surface area contributed by atoms with Gasteiger partial charge in [0.05, 0.1) is 16.3 Å². The molecule has 4 N–H and O–H groups in total. The fourth-order valence-electron chi connectivity index (χ4n) is 2.69. The first-order valence-corrected chi connectivity index (χ1v) is 9.87. The van der Waals surface area contributed by atoms with E-state index in [4.69, 9.17) is 5.73 Å². The van der Waals surface area contributed by atoms with Crippen molar-refractivity contribution >= 4 is 33.2 Å². The van der Waals surface area contributed by atoms with Crippen molar-refractivity contribution in [3.63, 3.8) is 0 Å². The summed E-state index contributed by atoms with van der Waals surface area (Å²) in [5.74, 6) is 0. The number of sulfonamides is 1. The van der Waals surface area contributed by atoms with E-state index in [1.807, 2.05) is 11.8 Å². The highest BCUT2D eigenvalue weighted by Gasteiger charge is 2.25.